The summed E-state index contributed by atoms with van der Waals surface area (Å²) < 4.78 is 5.62. The van der Waals surface area contributed by atoms with Crippen molar-refractivity contribution < 1.29 is 4.42 Å². The highest BCUT2D eigenvalue weighted by Gasteiger charge is 2.21. The van der Waals surface area contributed by atoms with E-state index in [0.717, 1.165) is 31.2 Å². The van der Waals surface area contributed by atoms with Crippen molar-refractivity contribution in [2.45, 2.75) is 46.3 Å². The second-order valence-corrected chi connectivity index (χ2v) is 5.57. The lowest BCUT2D eigenvalue weighted by Crippen LogP contribution is -2.49. The van der Waals surface area contributed by atoms with Crippen LogP contribution >= 0.6 is 0 Å². The van der Waals surface area contributed by atoms with Crippen LogP contribution in [0.5, 0.6) is 0 Å². The van der Waals surface area contributed by atoms with Crippen LogP contribution in [-0.4, -0.2) is 42.0 Å². The lowest BCUT2D eigenvalue weighted by atomic mass is 10.1. The van der Waals surface area contributed by atoms with Crippen molar-refractivity contribution in [3.8, 4) is 0 Å². The molecule has 1 aromatic heterocycles. The SMILES string of the molecule is CCC(C)N1CCN(Cc2cc(CN)oc2C)CC1. The second-order valence-electron chi connectivity index (χ2n) is 5.57. The quantitative estimate of drug-likeness (QED) is 0.884. The summed E-state index contributed by atoms with van der Waals surface area (Å²) in [6.07, 6.45) is 1.24. The molecule has 1 aromatic rings. The van der Waals surface area contributed by atoms with Gasteiger partial charge in [0, 0.05) is 44.3 Å². The molecule has 4 nitrogen and oxygen atoms in total. The van der Waals surface area contributed by atoms with E-state index >= 15 is 0 Å². The maximum atomic E-state index is 5.62. The maximum Gasteiger partial charge on any atom is 0.118 e. The molecule has 0 aliphatic carbocycles. The van der Waals surface area contributed by atoms with Gasteiger partial charge in [-0.15, -0.1) is 0 Å². The largest absolute Gasteiger partial charge is 0.465 e. The summed E-state index contributed by atoms with van der Waals surface area (Å²) in [7, 11) is 0. The van der Waals surface area contributed by atoms with Gasteiger partial charge < -0.3 is 10.2 Å². The van der Waals surface area contributed by atoms with Crippen LogP contribution in [0.2, 0.25) is 0 Å². The van der Waals surface area contributed by atoms with E-state index in [1.165, 1.54) is 25.1 Å². The minimum Gasteiger partial charge on any atom is -0.465 e. The number of aryl methyl sites for hydroxylation is 1. The number of furan rings is 1. The lowest BCUT2D eigenvalue weighted by Gasteiger charge is -2.37. The summed E-state index contributed by atoms with van der Waals surface area (Å²) in [5.74, 6) is 1.91. The molecular weight excluding hydrogens is 238 g/mol. The normalized spacial score (nSPS) is 19.8. The first-order chi connectivity index (χ1) is 9.13. The molecule has 0 saturated carbocycles. The molecule has 0 amide bonds. The Morgan fingerprint density at radius 1 is 1.32 bits per heavy atom. The maximum absolute atomic E-state index is 5.62. The van der Waals surface area contributed by atoms with Crippen LogP contribution in [0.3, 0.4) is 0 Å². The monoisotopic (exact) mass is 265 g/mol. The van der Waals surface area contributed by atoms with Crippen LogP contribution in [0.1, 0.15) is 37.4 Å². The van der Waals surface area contributed by atoms with Crippen LogP contribution in [0.4, 0.5) is 0 Å². The summed E-state index contributed by atoms with van der Waals surface area (Å²) in [6.45, 7) is 12.7. The fourth-order valence-corrected chi connectivity index (χ4v) is 2.71. The first-order valence-corrected chi connectivity index (χ1v) is 7.38. The van der Waals surface area contributed by atoms with Crippen molar-refractivity contribution >= 4 is 0 Å². The van der Waals surface area contributed by atoms with Crippen molar-refractivity contribution in [1.82, 2.24) is 9.80 Å². The van der Waals surface area contributed by atoms with Gasteiger partial charge in [0.15, 0.2) is 0 Å². The summed E-state index contributed by atoms with van der Waals surface area (Å²) in [5, 5.41) is 0. The molecule has 0 bridgehead atoms. The summed E-state index contributed by atoms with van der Waals surface area (Å²) in [5.41, 5.74) is 6.91. The van der Waals surface area contributed by atoms with Crippen LogP contribution < -0.4 is 5.73 Å². The van der Waals surface area contributed by atoms with Gasteiger partial charge in [-0.2, -0.15) is 0 Å². The standard InChI is InChI=1S/C15H27N3O/c1-4-12(2)18-7-5-17(6-8-18)11-14-9-15(10-16)19-13(14)3/h9,12H,4-8,10-11,16H2,1-3H3. The van der Waals surface area contributed by atoms with E-state index in [0.29, 0.717) is 12.6 Å². The van der Waals surface area contributed by atoms with Crippen molar-refractivity contribution in [1.29, 1.82) is 0 Å². The molecule has 2 N–H and O–H groups in total. The third kappa shape index (κ3) is 3.59. The zero-order valence-corrected chi connectivity index (χ0v) is 12.5. The van der Waals surface area contributed by atoms with Crippen molar-refractivity contribution in [2.24, 2.45) is 5.73 Å². The zero-order chi connectivity index (χ0) is 13.8. The summed E-state index contributed by atoms with van der Waals surface area (Å²) >= 11 is 0. The molecule has 0 spiro atoms. The fraction of sp³-hybridized carbons (Fsp3) is 0.733. The Bertz CT molecular complexity index is 394. The average molecular weight is 265 g/mol. The van der Waals surface area contributed by atoms with Crippen LogP contribution in [-0.2, 0) is 13.1 Å². The third-order valence-corrected chi connectivity index (χ3v) is 4.29. The van der Waals surface area contributed by atoms with Gasteiger partial charge >= 0.3 is 0 Å². The molecule has 1 aliphatic heterocycles. The van der Waals surface area contributed by atoms with Crippen LogP contribution in [0.25, 0.3) is 0 Å². The molecule has 108 valence electrons. The molecule has 19 heavy (non-hydrogen) atoms. The average Bonchev–Trinajstić information content (AvgIpc) is 2.79. The number of nitrogens with two attached hydrogens (primary N) is 1. The van der Waals surface area contributed by atoms with E-state index in [2.05, 4.69) is 29.7 Å². The minimum atomic E-state index is 0.489. The Labute approximate surface area is 116 Å². The van der Waals surface area contributed by atoms with Crippen LogP contribution in [0.15, 0.2) is 10.5 Å². The van der Waals surface area contributed by atoms with Gasteiger partial charge in [-0.25, -0.2) is 0 Å². The molecule has 4 heteroatoms. The van der Waals surface area contributed by atoms with E-state index < -0.39 is 0 Å². The lowest BCUT2D eigenvalue weighted by molar-refractivity contribution is 0.0961. The van der Waals surface area contributed by atoms with Gasteiger partial charge in [-0.1, -0.05) is 6.92 Å². The Morgan fingerprint density at radius 3 is 2.53 bits per heavy atom. The van der Waals surface area contributed by atoms with Crippen LogP contribution in [0, 0.1) is 6.92 Å². The molecule has 1 aliphatic rings. The highest BCUT2D eigenvalue weighted by Crippen LogP contribution is 2.18. The van der Waals surface area contributed by atoms with Gasteiger partial charge in [0.2, 0.25) is 0 Å². The van der Waals surface area contributed by atoms with Gasteiger partial charge in [-0.05, 0) is 26.3 Å². The Kier molecular flexibility index (Phi) is 5.02. The van der Waals surface area contributed by atoms with Gasteiger partial charge in [0.25, 0.3) is 0 Å². The van der Waals surface area contributed by atoms with E-state index in [9.17, 15) is 0 Å². The first-order valence-electron chi connectivity index (χ1n) is 7.38. The molecule has 1 fully saturated rings. The van der Waals surface area contributed by atoms with E-state index in [4.69, 9.17) is 10.2 Å². The predicted molar refractivity (Wildman–Crippen MR) is 77.9 cm³/mol. The summed E-state index contributed by atoms with van der Waals surface area (Å²) in [4.78, 5) is 5.10. The molecular formula is C15H27N3O. The van der Waals surface area contributed by atoms with E-state index in [1.54, 1.807) is 0 Å². The number of hydrogen-bond donors (Lipinski definition) is 1. The number of rotatable bonds is 5. The Balaban J connectivity index is 1.86. The van der Waals surface area contributed by atoms with E-state index in [-0.39, 0.29) is 0 Å². The molecule has 1 saturated heterocycles. The third-order valence-electron chi connectivity index (χ3n) is 4.29. The van der Waals surface area contributed by atoms with Crippen molar-refractivity contribution in [3.05, 3.63) is 23.2 Å². The van der Waals surface area contributed by atoms with Gasteiger partial charge in [0.05, 0.1) is 6.54 Å². The number of piperazine rings is 1. The number of nitrogens with zero attached hydrogens (tertiary/aromatic N) is 2. The molecule has 2 heterocycles. The molecule has 0 aromatic carbocycles. The molecule has 2 rings (SSSR count). The van der Waals surface area contributed by atoms with E-state index in [1.807, 2.05) is 6.92 Å². The zero-order valence-electron chi connectivity index (χ0n) is 12.5. The fourth-order valence-electron chi connectivity index (χ4n) is 2.71. The second kappa shape index (κ2) is 6.55. The topological polar surface area (TPSA) is 45.6 Å². The number of hydrogen-bond acceptors (Lipinski definition) is 4. The predicted octanol–water partition coefficient (Wildman–Crippen LogP) is 1.96. The first kappa shape index (κ1) is 14.6. The molecule has 1 unspecified atom stereocenters. The highest BCUT2D eigenvalue weighted by atomic mass is 16.3. The minimum absolute atomic E-state index is 0.489. The van der Waals surface area contributed by atoms with Crippen molar-refractivity contribution in [3.63, 3.8) is 0 Å². The smallest absolute Gasteiger partial charge is 0.118 e. The highest BCUT2D eigenvalue weighted by molar-refractivity contribution is 5.20. The summed E-state index contributed by atoms with van der Waals surface area (Å²) in [6, 6.07) is 2.82. The van der Waals surface area contributed by atoms with Gasteiger partial charge in [-0.3, -0.25) is 9.80 Å². The molecule has 1 atom stereocenters. The Hall–Kier alpha value is -0.840. The molecule has 0 radical (unpaired) electrons. The Morgan fingerprint density at radius 2 is 2.00 bits per heavy atom. The van der Waals surface area contributed by atoms with Crippen molar-refractivity contribution in [2.75, 3.05) is 26.2 Å². The van der Waals surface area contributed by atoms with Gasteiger partial charge in [0.1, 0.15) is 11.5 Å².